The summed E-state index contributed by atoms with van der Waals surface area (Å²) in [6, 6.07) is 21.9. The zero-order valence-corrected chi connectivity index (χ0v) is 15.4. The normalized spacial score (nSPS) is 10.9. The van der Waals surface area contributed by atoms with Gasteiger partial charge in [-0.15, -0.1) is 0 Å². The van der Waals surface area contributed by atoms with Gasteiger partial charge in [-0.3, -0.25) is 4.79 Å². The van der Waals surface area contributed by atoms with Gasteiger partial charge in [0.25, 0.3) is 0 Å². The molecule has 0 fully saturated rings. The molecule has 134 valence electrons. The zero-order valence-electron chi connectivity index (χ0n) is 14.7. The van der Waals surface area contributed by atoms with Gasteiger partial charge in [-0.25, -0.2) is 9.50 Å². The molecule has 1 amide bonds. The molecule has 0 bridgehead atoms. The third-order valence-corrected chi connectivity index (χ3v) is 4.51. The van der Waals surface area contributed by atoms with Crippen molar-refractivity contribution in [3.8, 4) is 22.4 Å². The number of carbonyl (C=O) groups excluding carboxylic acids is 1. The van der Waals surface area contributed by atoms with Crippen molar-refractivity contribution >= 4 is 23.2 Å². The van der Waals surface area contributed by atoms with E-state index in [0.717, 1.165) is 28.1 Å². The van der Waals surface area contributed by atoms with Crippen molar-refractivity contribution in [3.05, 3.63) is 77.6 Å². The number of nitrogens with zero attached hydrogens (tertiary/aromatic N) is 3. The van der Waals surface area contributed by atoms with Crippen LogP contribution in [0.3, 0.4) is 0 Å². The van der Waals surface area contributed by atoms with Gasteiger partial charge in [0.05, 0.1) is 17.9 Å². The van der Waals surface area contributed by atoms with E-state index >= 15 is 0 Å². The van der Waals surface area contributed by atoms with Crippen molar-refractivity contribution in [2.45, 2.75) is 13.5 Å². The van der Waals surface area contributed by atoms with Gasteiger partial charge >= 0.3 is 0 Å². The number of aromatic nitrogens is 3. The van der Waals surface area contributed by atoms with E-state index in [4.69, 9.17) is 16.6 Å². The lowest BCUT2D eigenvalue weighted by Gasteiger charge is -2.07. The van der Waals surface area contributed by atoms with Crippen LogP contribution in [-0.4, -0.2) is 20.5 Å². The molecule has 2 aromatic heterocycles. The second-order valence-corrected chi connectivity index (χ2v) is 6.57. The van der Waals surface area contributed by atoms with Gasteiger partial charge in [0.1, 0.15) is 5.15 Å². The van der Waals surface area contributed by atoms with Gasteiger partial charge in [-0.1, -0.05) is 66.2 Å². The molecule has 27 heavy (non-hydrogen) atoms. The van der Waals surface area contributed by atoms with Crippen LogP contribution in [0.25, 0.3) is 28.0 Å². The van der Waals surface area contributed by atoms with Crippen molar-refractivity contribution < 1.29 is 4.79 Å². The van der Waals surface area contributed by atoms with Crippen LogP contribution in [0.15, 0.2) is 66.7 Å². The number of nitrogens with one attached hydrogen (secondary N) is 1. The minimum Gasteiger partial charge on any atom is -0.351 e. The molecule has 2 heterocycles. The maximum atomic E-state index is 11.4. The van der Waals surface area contributed by atoms with Crippen molar-refractivity contribution in [3.63, 3.8) is 0 Å². The van der Waals surface area contributed by atoms with Crippen LogP contribution in [0.2, 0.25) is 5.15 Å². The Morgan fingerprint density at radius 3 is 2.33 bits per heavy atom. The first kappa shape index (κ1) is 17.2. The summed E-state index contributed by atoms with van der Waals surface area (Å²) < 4.78 is 1.68. The average Bonchev–Trinajstić information content (AvgIpc) is 3.05. The largest absolute Gasteiger partial charge is 0.351 e. The standard InChI is InChI=1S/C21H17ClN4O/c1-14(27)23-13-18-21(24-20-12-11-19(22)25-26(18)20)17-9-7-16(8-10-17)15-5-3-2-4-6-15/h2-12H,13H2,1H3,(H,23,27). The summed E-state index contributed by atoms with van der Waals surface area (Å²) in [5.41, 5.74) is 5.49. The fourth-order valence-corrected chi connectivity index (χ4v) is 3.14. The van der Waals surface area contributed by atoms with Crippen LogP contribution in [0.5, 0.6) is 0 Å². The van der Waals surface area contributed by atoms with E-state index in [-0.39, 0.29) is 5.91 Å². The zero-order chi connectivity index (χ0) is 18.8. The van der Waals surface area contributed by atoms with Crippen LogP contribution in [0, 0.1) is 0 Å². The second-order valence-electron chi connectivity index (χ2n) is 6.19. The predicted molar refractivity (Wildman–Crippen MR) is 106 cm³/mol. The first-order chi connectivity index (χ1) is 13.1. The Balaban J connectivity index is 1.78. The number of benzene rings is 2. The fourth-order valence-electron chi connectivity index (χ4n) is 3.01. The molecular weight excluding hydrogens is 360 g/mol. The van der Waals surface area contributed by atoms with Crippen LogP contribution >= 0.6 is 11.6 Å². The number of halogens is 1. The van der Waals surface area contributed by atoms with Gasteiger partial charge in [0, 0.05) is 12.5 Å². The predicted octanol–water partition coefficient (Wildman–Crippen LogP) is 4.35. The number of hydrogen-bond acceptors (Lipinski definition) is 3. The Hall–Kier alpha value is -3.18. The van der Waals surface area contributed by atoms with Crippen molar-refractivity contribution in [2.75, 3.05) is 0 Å². The maximum Gasteiger partial charge on any atom is 0.217 e. The maximum absolute atomic E-state index is 11.4. The molecule has 4 rings (SSSR count). The van der Waals surface area contributed by atoms with Crippen molar-refractivity contribution in [2.24, 2.45) is 0 Å². The summed E-state index contributed by atoms with van der Waals surface area (Å²) in [7, 11) is 0. The third kappa shape index (κ3) is 3.55. The Bertz CT molecular complexity index is 1100. The molecule has 1 N–H and O–H groups in total. The number of carbonyl (C=O) groups is 1. The minimum atomic E-state index is -0.114. The second kappa shape index (κ2) is 7.21. The lowest BCUT2D eigenvalue weighted by molar-refractivity contribution is -0.119. The van der Waals surface area contributed by atoms with Crippen LogP contribution < -0.4 is 5.32 Å². The number of fused-ring (bicyclic) bond motifs is 1. The molecule has 0 atom stereocenters. The van der Waals surface area contributed by atoms with E-state index in [9.17, 15) is 4.79 Å². The van der Waals surface area contributed by atoms with Gasteiger partial charge in [0.2, 0.25) is 5.91 Å². The smallest absolute Gasteiger partial charge is 0.217 e. The fraction of sp³-hybridized carbons (Fsp3) is 0.0952. The minimum absolute atomic E-state index is 0.114. The number of imidazole rings is 1. The summed E-state index contributed by atoms with van der Waals surface area (Å²) >= 11 is 6.05. The highest BCUT2D eigenvalue weighted by Crippen LogP contribution is 2.27. The summed E-state index contributed by atoms with van der Waals surface area (Å²) in [6.45, 7) is 1.80. The number of rotatable bonds is 4. The monoisotopic (exact) mass is 376 g/mol. The quantitative estimate of drug-likeness (QED) is 0.576. The highest BCUT2D eigenvalue weighted by Gasteiger charge is 2.16. The van der Waals surface area contributed by atoms with Gasteiger partial charge in [0.15, 0.2) is 5.65 Å². The highest BCUT2D eigenvalue weighted by molar-refractivity contribution is 6.29. The molecular formula is C21H17ClN4O. The summed E-state index contributed by atoms with van der Waals surface area (Å²) in [4.78, 5) is 16.1. The molecule has 0 aliphatic rings. The van der Waals surface area contributed by atoms with Crippen LogP contribution in [0.1, 0.15) is 12.6 Å². The van der Waals surface area contributed by atoms with Crippen LogP contribution in [0.4, 0.5) is 0 Å². The molecule has 0 spiro atoms. The first-order valence-electron chi connectivity index (χ1n) is 8.56. The molecule has 4 aromatic rings. The lowest BCUT2D eigenvalue weighted by atomic mass is 10.0. The Morgan fingerprint density at radius 2 is 1.63 bits per heavy atom. The molecule has 0 saturated heterocycles. The van der Waals surface area contributed by atoms with E-state index in [1.807, 2.05) is 36.4 Å². The Kier molecular flexibility index (Phi) is 4.60. The van der Waals surface area contributed by atoms with E-state index in [1.54, 1.807) is 10.6 Å². The summed E-state index contributed by atoms with van der Waals surface area (Å²) in [6.07, 6.45) is 0. The van der Waals surface area contributed by atoms with Crippen LogP contribution in [-0.2, 0) is 11.3 Å². The molecule has 2 aromatic carbocycles. The number of hydrogen-bond donors (Lipinski definition) is 1. The van der Waals surface area contributed by atoms with E-state index in [2.05, 4.69) is 34.7 Å². The first-order valence-corrected chi connectivity index (χ1v) is 8.94. The third-order valence-electron chi connectivity index (χ3n) is 4.31. The van der Waals surface area contributed by atoms with Crippen molar-refractivity contribution in [1.29, 1.82) is 0 Å². The molecule has 6 heteroatoms. The summed E-state index contributed by atoms with van der Waals surface area (Å²) in [5.74, 6) is -0.114. The molecule has 0 saturated carbocycles. The SMILES string of the molecule is CC(=O)NCc1c(-c2ccc(-c3ccccc3)cc2)nc2ccc(Cl)nn12. The lowest BCUT2D eigenvalue weighted by Crippen LogP contribution is -2.20. The molecule has 0 unspecified atom stereocenters. The van der Waals surface area contributed by atoms with Crippen molar-refractivity contribution in [1.82, 2.24) is 19.9 Å². The van der Waals surface area contributed by atoms with Gasteiger partial charge in [-0.2, -0.15) is 5.10 Å². The summed E-state index contributed by atoms with van der Waals surface area (Å²) in [5, 5.41) is 7.53. The van der Waals surface area contributed by atoms with Gasteiger partial charge < -0.3 is 5.32 Å². The Morgan fingerprint density at radius 1 is 0.963 bits per heavy atom. The van der Waals surface area contributed by atoms with E-state index < -0.39 is 0 Å². The molecule has 5 nitrogen and oxygen atoms in total. The molecule has 0 aliphatic carbocycles. The number of amides is 1. The Labute approximate surface area is 161 Å². The average molecular weight is 377 g/mol. The van der Waals surface area contributed by atoms with E-state index in [1.165, 1.54) is 6.92 Å². The van der Waals surface area contributed by atoms with E-state index in [0.29, 0.717) is 17.3 Å². The molecule has 0 aliphatic heterocycles. The topological polar surface area (TPSA) is 59.3 Å². The highest BCUT2D eigenvalue weighted by atomic mass is 35.5. The van der Waals surface area contributed by atoms with Gasteiger partial charge in [-0.05, 0) is 23.3 Å². The molecule has 0 radical (unpaired) electrons.